The molecule has 3 N–H and O–H groups in total. The van der Waals surface area contributed by atoms with E-state index in [9.17, 15) is 14.4 Å². The molecule has 12 heteroatoms. The number of fused-ring (bicyclic) bond motifs is 1. The average molecular weight is 755 g/mol. The minimum Gasteiger partial charge on any atom is -0.493 e. The Morgan fingerprint density at radius 1 is 0.927 bits per heavy atom. The van der Waals surface area contributed by atoms with Crippen molar-refractivity contribution in [3.8, 4) is 5.75 Å². The van der Waals surface area contributed by atoms with Crippen LogP contribution in [0.2, 0.25) is 0 Å². The summed E-state index contributed by atoms with van der Waals surface area (Å²) in [7, 11) is 2.00. The van der Waals surface area contributed by atoms with Crippen LogP contribution < -0.4 is 20.8 Å². The van der Waals surface area contributed by atoms with E-state index >= 15 is 0 Å². The SMILES string of the molecule is C=CCN(CC(=O)NC(Cc1ccc(OCC(C)C)cc1)C(=O)N(Cc1cccc2c(C)cn(C)c12)CC(OCC)OCC)NC(=O)NCc1ccccc1. The van der Waals surface area contributed by atoms with Crippen LogP contribution >= 0.6 is 0 Å². The van der Waals surface area contributed by atoms with Crippen LogP contribution in [-0.4, -0.2) is 84.1 Å². The number of carbonyl (C=O) groups excluding carboxylic acids is 3. The van der Waals surface area contributed by atoms with E-state index in [1.54, 1.807) is 11.0 Å². The Kier molecular flexibility index (Phi) is 16.8. The topological polar surface area (TPSA) is 126 Å². The summed E-state index contributed by atoms with van der Waals surface area (Å²) in [5.74, 6) is 0.344. The Morgan fingerprint density at radius 2 is 1.64 bits per heavy atom. The van der Waals surface area contributed by atoms with Crippen LogP contribution in [-0.2, 0) is 45.6 Å². The Labute approximate surface area is 325 Å². The number of hydrogen-bond acceptors (Lipinski definition) is 7. The van der Waals surface area contributed by atoms with Crippen LogP contribution in [0.15, 0.2) is 91.6 Å². The highest BCUT2D eigenvalue weighted by atomic mass is 16.7. The minimum atomic E-state index is -0.967. The number of aryl methyl sites for hydroxylation is 2. The van der Waals surface area contributed by atoms with Crippen molar-refractivity contribution in [2.24, 2.45) is 13.0 Å². The molecule has 1 atom stereocenters. The van der Waals surface area contributed by atoms with Crippen LogP contribution in [0.5, 0.6) is 5.75 Å². The van der Waals surface area contributed by atoms with Crippen LogP contribution in [0.3, 0.4) is 0 Å². The number of amides is 4. The molecular formula is C43H58N6O6. The van der Waals surface area contributed by atoms with Gasteiger partial charge >= 0.3 is 6.03 Å². The van der Waals surface area contributed by atoms with E-state index in [0.717, 1.165) is 38.9 Å². The van der Waals surface area contributed by atoms with Gasteiger partial charge in [-0.1, -0.05) is 80.6 Å². The molecule has 0 saturated carbocycles. The summed E-state index contributed by atoms with van der Waals surface area (Å²) < 4.78 is 19.8. The third kappa shape index (κ3) is 13.3. The molecule has 55 heavy (non-hydrogen) atoms. The maximum absolute atomic E-state index is 14.9. The second-order valence-electron chi connectivity index (χ2n) is 13.9. The first kappa shape index (κ1) is 42.6. The van der Waals surface area contributed by atoms with Gasteiger partial charge in [0.25, 0.3) is 0 Å². The largest absolute Gasteiger partial charge is 0.493 e. The molecule has 1 heterocycles. The lowest BCUT2D eigenvalue weighted by Gasteiger charge is -2.32. The summed E-state index contributed by atoms with van der Waals surface area (Å²) in [4.78, 5) is 43.2. The van der Waals surface area contributed by atoms with Crippen molar-refractivity contribution in [1.29, 1.82) is 0 Å². The smallest absolute Gasteiger partial charge is 0.329 e. The summed E-state index contributed by atoms with van der Waals surface area (Å²) in [5.41, 5.74) is 7.62. The van der Waals surface area contributed by atoms with Crippen molar-refractivity contribution in [2.45, 2.75) is 66.5 Å². The second-order valence-corrected chi connectivity index (χ2v) is 13.9. The van der Waals surface area contributed by atoms with Gasteiger partial charge in [0.2, 0.25) is 11.8 Å². The van der Waals surface area contributed by atoms with Gasteiger partial charge in [-0.25, -0.2) is 9.80 Å². The lowest BCUT2D eigenvalue weighted by atomic mass is 10.0. The monoisotopic (exact) mass is 754 g/mol. The van der Waals surface area contributed by atoms with Gasteiger partial charge in [-0.2, -0.15) is 0 Å². The van der Waals surface area contributed by atoms with Gasteiger partial charge in [-0.15, -0.1) is 6.58 Å². The van der Waals surface area contributed by atoms with Crippen LogP contribution in [0.1, 0.15) is 49.9 Å². The van der Waals surface area contributed by atoms with E-state index < -0.39 is 24.3 Å². The zero-order chi connectivity index (χ0) is 39.7. The molecular weight excluding hydrogens is 697 g/mol. The maximum atomic E-state index is 14.9. The molecule has 1 unspecified atom stereocenters. The first-order valence-electron chi connectivity index (χ1n) is 19.0. The van der Waals surface area contributed by atoms with Gasteiger partial charge < -0.3 is 34.3 Å². The molecule has 12 nitrogen and oxygen atoms in total. The molecule has 0 aliphatic heterocycles. The van der Waals surface area contributed by atoms with Gasteiger partial charge in [-0.3, -0.25) is 15.0 Å². The van der Waals surface area contributed by atoms with E-state index in [0.29, 0.717) is 32.3 Å². The predicted molar refractivity (Wildman–Crippen MR) is 216 cm³/mol. The quantitative estimate of drug-likeness (QED) is 0.0520. The van der Waals surface area contributed by atoms with Crippen LogP contribution in [0.4, 0.5) is 4.79 Å². The third-order valence-electron chi connectivity index (χ3n) is 8.85. The van der Waals surface area contributed by atoms with Gasteiger partial charge in [0.1, 0.15) is 11.8 Å². The first-order chi connectivity index (χ1) is 26.5. The number of benzene rings is 3. The molecule has 0 spiro atoms. The molecule has 1 aromatic heterocycles. The number of para-hydroxylation sites is 1. The standard InChI is InChI=1S/C43H58N6O6/c1-8-23-49(46-43(52)44-25-34-15-12-11-13-16-34)28-39(50)45-38(24-33-19-21-36(22-20-33)55-30-31(4)5)42(51)48(29-40(53-9-2)54-10-3)27-35-17-14-18-37-32(6)26-47(7)41(35)37/h8,11-22,26,31,38,40H,1,9-10,23-25,27-30H2,2-7H3,(H,45,50)(H2,44,46,52). The zero-order valence-corrected chi connectivity index (χ0v) is 33.2. The number of nitrogens with one attached hydrogen (secondary N) is 3. The number of carbonyl (C=O) groups is 3. The molecule has 0 aliphatic carbocycles. The molecule has 4 rings (SSSR count). The lowest BCUT2D eigenvalue weighted by molar-refractivity contribution is -0.161. The minimum absolute atomic E-state index is 0.139. The number of ether oxygens (including phenoxy) is 3. The molecule has 0 saturated heterocycles. The van der Waals surface area contributed by atoms with E-state index in [4.69, 9.17) is 14.2 Å². The molecule has 3 aromatic carbocycles. The zero-order valence-electron chi connectivity index (χ0n) is 33.2. The van der Waals surface area contributed by atoms with Crippen molar-refractivity contribution in [2.75, 3.05) is 39.5 Å². The van der Waals surface area contributed by atoms with Gasteiger partial charge in [0, 0.05) is 57.9 Å². The van der Waals surface area contributed by atoms with Crippen molar-refractivity contribution in [3.05, 3.63) is 114 Å². The Bertz CT molecular complexity index is 1820. The van der Waals surface area contributed by atoms with Crippen molar-refractivity contribution in [3.63, 3.8) is 0 Å². The molecule has 296 valence electrons. The van der Waals surface area contributed by atoms with Gasteiger partial charge in [-0.05, 0) is 61.1 Å². The number of nitrogens with zero attached hydrogens (tertiary/aromatic N) is 3. The third-order valence-corrected chi connectivity index (χ3v) is 8.85. The second kappa shape index (κ2) is 21.7. The highest BCUT2D eigenvalue weighted by Crippen LogP contribution is 2.25. The summed E-state index contributed by atoms with van der Waals surface area (Å²) >= 11 is 0. The summed E-state index contributed by atoms with van der Waals surface area (Å²) in [5, 5.41) is 8.36. The number of rotatable bonds is 22. The molecule has 0 fully saturated rings. The van der Waals surface area contributed by atoms with Crippen molar-refractivity contribution in [1.82, 2.24) is 30.5 Å². The van der Waals surface area contributed by atoms with E-state index in [1.165, 1.54) is 5.01 Å². The summed E-state index contributed by atoms with van der Waals surface area (Å²) in [6.45, 7) is 15.9. The molecule has 0 bridgehead atoms. The fourth-order valence-electron chi connectivity index (χ4n) is 6.34. The van der Waals surface area contributed by atoms with Gasteiger partial charge in [0.05, 0.1) is 25.2 Å². The predicted octanol–water partition coefficient (Wildman–Crippen LogP) is 5.88. The maximum Gasteiger partial charge on any atom is 0.329 e. The fraction of sp³-hybridized carbons (Fsp3) is 0.419. The average Bonchev–Trinajstić information content (AvgIpc) is 3.46. The Morgan fingerprint density at radius 3 is 2.29 bits per heavy atom. The lowest BCUT2D eigenvalue weighted by Crippen LogP contribution is -2.55. The Balaban J connectivity index is 1.61. The molecule has 4 amide bonds. The van der Waals surface area contributed by atoms with E-state index in [-0.39, 0.29) is 38.5 Å². The van der Waals surface area contributed by atoms with Crippen LogP contribution in [0.25, 0.3) is 10.9 Å². The van der Waals surface area contributed by atoms with Crippen molar-refractivity contribution < 1.29 is 28.6 Å². The van der Waals surface area contributed by atoms with Crippen LogP contribution in [0, 0.1) is 12.8 Å². The number of hydrogen-bond donors (Lipinski definition) is 3. The summed E-state index contributed by atoms with van der Waals surface area (Å²) in [6.07, 6.45) is 3.19. The Hall–Kier alpha value is -5.17. The van der Waals surface area contributed by atoms with Crippen molar-refractivity contribution >= 4 is 28.7 Å². The summed E-state index contributed by atoms with van der Waals surface area (Å²) in [6, 6.07) is 21.7. The van der Waals surface area contributed by atoms with Gasteiger partial charge in [0.15, 0.2) is 6.29 Å². The molecule has 0 aliphatic rings. The first-order valence-corrected chi connectivity index (χ1v) is 19.0. The fourth-order valence-corrected chi connectivity index (χ4v) is 6.34. The normalized spacial score (nSPS) is 11.9. The highest BCUT2D eigenvalue weighted by molar-refractivity contribution is 5.90. The number of hydrazine groups is 1. The molecule has 0 radical (unpaired) electrons. The van der Waals surface area contributed by atoms with E-state index in [1.807, 2.05) is 87.6 Å². The highest BCUT2D eigenvalue weighted by Gasteiger charge is 2.30. The number of urea groups is 1. The number of aromatic nitrogens is 1. The molecule has 4 aromatic rings. The van der Waals surface area contributed by atoms with E-state index in [2.05, 4.69) is 60.2 Å².